The van der Waals surface area contributed by atoms with Gasteiger partial charge >= 0.3 is 0 Å². The van der Waals surface area contributed by atoms with E-state index in [-0.39, 0.29) is 6.10 Å². The molecule has 0 radical (unpaired) electrons. The summed E-state index contributed by atoms with van der Waals surface area (Å²) in [6, 6.07) is 0. The standard InChI is InChI=1S/C11H22N4O2/c1-4-12-7-11-8-15(14-13-11)5-6-17-10(2)9-16-3/h8,10,12H,4-7,9H2,1-3H3. The third-order valence-electron chi connectivity index (χ3n) is 2.27. The quantitative estimate of drug-likeness (QED) is 0.681. The number of hydrogen-bond acceptors (Lipinski definition) is 5. The summed E-state index contributed by atoms with van der Waals surface area (Å²) < 4.78 is 12.3. The molecule has 1 atom stereocenters. The van der Waals surface area contributed by atoms with E-state index in [2.05, 4.69) is 22.6 Å². The minimum Gasteiger partial charge on any atom is -0.382 e. The van der Waals surface area contributed by atoms with E-state index in [0.717, 1.165) is 18.8 Å². The molecule has 0 aliphatic carbocycles. The number of ether oxygens (including phenoxy) is 2. The minimum absolute atomic E-state index is 0.116. The Kier molecular flexibility index (Phi) is 6.76. The molecule has 1 heterocycles. The van der Waals surface area contributed by atoms with Gasteiger partial charge < -0.3 is 14.8 Å². The third-order valence-corrected chi connectivity index (χ3v) is 2.27. The van der Waals surface area contributed by atoms with Gasteiger partial charge in [0.05, 0.1) is 31.6 Å². The van der Waals surface area contributed by atoms with Crippen LogP contribution in [-0.4, -0.2) is 48.0 Å². The maximum Gasteiger partial charge on any atom is 0.0964 e. The molecular weight excluding hydrogens is 220 g/mol. The Morgan fingerprint density at radius 2 is 2.35 bits per heavy atom. The molecule has 17 heavy (non-hydrogen) atoms. The molecule has 0 bridgehead atoms. The van der Waals surface area contributed by atoms with Gasteiger partial charge in [-0.3, -0.25) is 0 Å². The highest BCUT2D eigenvalue weighted by molar-refractivity contribution is 4.91. The first-order valence-electron chi connectivity index (χ1n) is 5.96. The summed E-state index contributed by atoms with van der Waals surface area (Å²) in [4.78, 5) is 0. The van der Waals surface area contributed by atoms with Crippen molar-refractivity contribution in [2.75, 3.05) is 26.9 Å². The number of hydrogen-bond donors (Lipinski definition) is 1. The minimum atomic E-state index is 0.116. The first-order chi connectivity index (χ1) is 8.26. The number of nitrogens with zero attached hydrogens (tertiary/aromatic N) is 3. The molecule has 0 saturated carbocycles. The average molecular weight is 242 g/mol. The molecule has 6 nitrogen and oxygen atoms in total. The highest BCUT2D eigenvalue weighted by Crippen LogP contribution is 1.95. The zero-order valence-corrected chi connectivity index (χ0v) is 10.8. The Balaban J connectivity index is 2.20. The van der Waals surface area contributed by atoms with Crippen LogP contribution in [0.1, 0.15) is 19.5 Å². The van der Waals surface area contributed by atoms with Crippen LogP contribution in [0.25, 0.3) is 0 Å². The lowest BCUT2D eigenvalue weighted by Gasteiger charge is -2.11. The van der Waals surface area contributed by atoms with Gasteiger partial charge in [-0.25, -0.2) is 4.68 Å². The molecule has 1 aromatic rings. The van der Waals surface area contributed by atoms with Crippen LogP contribution in [0.4, 0.5) is 0 Å². The molecule has 1 rings (SSSR count). The van der Waals surface area contributed by atoms with Crippen molar-refractivity contribution in [3.8, 4) is 0 Å². The first kappa shape index (κ1) is 14.1. The van der Waals surface area contributed by atoms with Gasteiger partial charge in [0.2, 0.25) is 0 Å². The maximum absolute atomic E-state index is 5.55. The third kappa shape index (κ3) is 5.76. The van der Waals surface area contributed by atoms with Crippen molar-refractivity contribution in [1.29, 1.82) is 0 Å². The van der Waals surface area contributed by atoms with E-state index in [4.69, 9.17) is 9.47 Å². The molecule has 0 fully saturated rings. The highest BCUT2D eigenvalue weighted by atomic mass is 16.5. The normalized spacial score (nSPS) is 12.9. The lowest BCUT2D eigenvalue weighted by Crippen LogP contribution is -2.18. The smallest absolute Gasteiger partial charge is 0.0964 e. The number of rotatable bonds is 9. The number of methoxy groups -OCH3 is 1. The lowest BCUT2D eigenvalue weighted by molar-refractivity contribution is 0.00494. The van der Waals surface area contributed by atoms with Crippen LogP contribution < -0.4 is 5.32 Å². The van der Waals surface area contributed by atoms with E-state index in [0.29, 0.717) is 19.8 Å². The van der Waals surface area contributed by atoms with Crippen LogP contribution in [0.5, 0.6) is 0 Å². The molecule has 0 aromatic carbocycles. The summed E-state index contributed by atoms with van der Waals surface area (Å²) in [5.74, 6) is 0. The summed E-state index contributed by atoms with van der Waals surface area (Å²) in [7, 11) is 1.67. The van der Waals surface area contributed by atoms with Crippen molar-refractivity contribution < 1.29 is 9.47 Å². The van der Waals surface area contributed by atoms with Crippen LogP contribution >= 0.6 is 0 Å². The van der Waals surface area contributed by atoms with E-state index in [1.807, 2.05) is 13.1 Å². The van der Waals surface area contributed by atoms with Crippen LogP contribution in [-0.2, 0) is 22.6 Å². The molecule has 98 valence electrons. The Morgan fingerprint density at radius 1 is 1.53 bits per heavy atom. The van der Waals surface area contributed by atoms with Crippen molar-refractivity contribution in [3.05, 3.63) is 11.9 Å². The Morgan fingerprint density at radius 3 is 3.06 bits per heavy atom. The van der Waals surface area contributed by atoms with Gasteiger partial charge in [-0.15, -0.1) is 5.10 Å². The second kappa shape index (κ2) is 8.16. The fraction of sp³-hybridized carbons (Fsp3) is 0.818. The topological polar surface area (TPSA) is 61.2 Å². The van der Waals surface area contributed by atoms with Gasteiger partial charge in [-0.1, -0.05) is 12.1 Å². The van der Waals surface area contributed by atoms with E-state index < -0.39 is 0 Å². The SMILES string of the molecule is CCNCc1cn(CCOC(C)COC)nn1. The zero-order chi connectivity index (χ0) is 12.5. The summed E-state index contributed by atoms with van der Waals surface area (Å²) in [6.07, 6.45) is 2.05. The van der Waals surface area contributed by atoms with Crippen LogP contribution in [0.15, 0.2) is 6.20 Å². The van der Waals surface area contributed by atoms with Crippen molar-refractivity contribution in [2.24, 2.45) is 0 Å². The largest absolute Gasteiger partial charge is 0.382 e. The average Bonchev–Trinajstić information content (AvgIpc) is 2.75. The van der Waals surface area contributed by atoms with Gasteiger partial charge in [0, 0.05) is 19.9 Å². The van der Waals surface area contributed by atoms with E-state index in [1.54, 1.807) is 11.8 Å². The fourth-order valence-corrected chi connectivity index (χ4v) is 1.41. The van der Waals surface area contributed by atoms with E-state index >= 15 is 0 Å². The molecule has 0 saturated heterocycles. The summed E-state index contributed by atoms with van der Waals surface area (Å²) in [6.45, 7) is 7.70. The van der Waals surface area contributed by atoms with Crippen molar-refractivity contribution in [3.63, 3.8) is 0 Å². The molecular formula is C11H22N4O2. The fourth-order valence-electron chi connectivity index (χ4n) is 1.41. The van der Waals surface area contributed by atoms with E-state index in [9.17, 15) is 0 Å². The predicted molar refractivity (Wildman–Crippen MR) is 64.7 cm³/mol. The van der Waals surface area contributed by atoms with Crippen molar-refractivity contribution in [1.82, 2.24) is 20.3 Å². The predicted octanol–water partition coefficient (Wildman–Crippen LogP) is 0.439. The monoisotopic (exact) mass is 242 g/mol. The summed E-state index contributed by atoms with van der Waals surface area (Å²) in [5.41, 5.74) is 0.955. The lowest BCUT2D eigenvalue weighted by atomic mass is 10.4. The highest BCUT2D eigenvalue weighted by Gasteiger charge is 2.03. The number of nitrogens with one attached hydrogen (secondary N) is 1. The summed E-state index contributed by atoms with van der Waals surface area (Å²) >= 11 is 0. The Hall–Kier alpha value is -0.980. The number of aromatic nitrogens is 3. The first-order valence-corrected chi connectivity index (χ1v) is 5.96. The van der Waals surface area contributed by atoms with Crippen LogP contribution in [0.2, 0.25) is 0 Å². The maximum atomic E-state index is 5.55. The van der Waals surface area contributed by atoms with Gasteiger partial charge in [0.1, 0.15) is 0 Å². The van der Waals surface area contributed by atoms with Crippen molar-refractivity contribution in [2.45, 2.75) is 33.0 Å². The van der Waals surface area contributed by atoms with Crippen molar-refractivity contribution >= 4 is 0 Å². The molecule has 6 heteroatoms. The second-order valence-electron chi connectivity index (χ2n) is 3.89. The zero-order valence-electron chi connectivity index (χ0n) is 10.8. The molecule has 1 aromatic heterocycles. The summed E-state index contributed by atoms with van der Waals surface area (Å²) in [5, 5.41) is 11.3. The van der Waals surface area contributed by atoms with E-state index in [1.165, 1.54) is 0 Å². The Labute approximate surface area is 102 Å². The molecule has 0 aliphatic rings. The second-order valence-corrected chi connectivity index (χ2v) is 3.89. The molecule has 1 N–H and O–H groups in total. The van der Waals surface area contributed by atoms with Gasteiger partial charge in [0.25, 0.3) is 0 Å². The molecule has 0 aliphatic heterocycles. The van der Waals surface area contributed by atoms with Crippen LogP contribution in [0, 0.1) is 0 Å². The van der Waals surface area contributed by atoms with Crippen LogP contribution in [0.3, 0.4) is 0 Å². The molecule has 0 amide bonds. The van der Waals surface area contributed by atoms with Gasteiger partial charge in [-0.2, -0.15) is 0 Å². The Bertz CT molecular complexity index is 303. The van der Waals surface area contributed by atoms with Gasteiger partial charge in [-0.05, 0) is 13.5 Å². The molecule has 1 unspecified atom stereocenters. The molecule has 0 spiro atoms. The van der Waals surface area contributed by atoms with Gasteiger partial charge in [0.15, 0.2) is 0 Å².